The molecule has 1 saturated heterocycles. The second-order valence-electron chi connectivity index (χ2n) is 4.55. The van der Waals surface area contributed by atoms with Gasteiger partial charge in [-0.25, -0.2) is 13.2 Å². The summed E-state index contributed by atoms with van der Waals surface area (Å²) in [6.45, 7) is 0.679. The summed E-state index contributed by atoms with van der Waals surface area (Å²) in [5, 5.41) is 0.0430. The highest BCUT2D eigenvalue weighted by Gasteiger charge is 2.31. The van der Waals surface area contributed by atoms with Crippen LogP contribution in [0.15, 0.2) is 23.1 Å². The standard InChI is InChI=1S/C12H15ClN2O4S/c1-19-12(16)10-3-2-9(6-11(10)13)20(17,18)15-5-4-8(14)7-15/h2-3,6,8H,4-5,7,14H2,1H3/t8-/m1/s1. The molecule has 0 amide bonds. The molecule has 0 spiro atoms. The summed E-state index contributed by atoms with van der Waals surface area (Å²) in [4.78, 5) is 11.5. The monoisotopic (exact) mass is 318 g/mol. The largest absolute Gasteiger partial charge is 0.465 e. The first-order valence-corrected chi connectivity index (χ1v) is 7.81. The van der Waals surface area contributed by atoms with Crippen LogP contribution >= 0.6 is 11.6 Å². The number of hydrogen-bond acceptors (Lipinski definition) is 5. The first kappa shape index (κ1) is 15.2. The lowest BCUT2D eigenvalue weighted by molar-refractivity contribution is 0.0601. The molecule has 1 aromatic carbocycles. The van der Waals surface area contributed by atoms with E-state index in [1.807, 2.05) is 0 Å². The molecule has 1 atom stereocenters. The maximum Gasteiger partial charge on any atom is 0.339 e. The summed E-state index contributed by atoms with van der Waals surface area (Å²) in [7, 11) is -2.40. The minimum Gasteiger partial charge on any atom is -0.465 e. The first-order chi connectivity index (χ1) is 9.36. The fourth-order valence-electron chi connectivity index (χ4n) is 2.05. The van der Waals surface area contributed by atoms with E-state index in [1.165, 1.54) is 29.6 Å². The Morgan fingerprint density at radius 2 is 2.20 bits per heavy atom. The van der Waals surface area contributed by atoms with E-state index in [0.29, 0.717) is 19.5 Å². The van der Waals surface area contributed by atoms with E-state index in [1.54, 1.807) is 0 Å². The molecule has 20 heavy (non-hydrogen) atoms. The summed E-state index contributed by atoms with van der Waals surface area (Å²) in [6.07, 6.45) is 0.632. The highest BCUT2D eigenvalue weighted by atomic mass is 35.5. The number of benzene rings is 1. The van der Waals surface area contributed by atoms with E-state index in [0.717, 1.165) is 0 Å². The van der Waals surface area contributed by atoms with Gasteiger partial charge < -0.3 is 10.5 Å². The Hall–Kier alpha value is -1.15. The van der Waals surface area contributed by atoms with Crippen LogP contribution in [0.4, 0.5) is 0 Å². The molecule has 6 nitrogen and oxygen atoms in total. The van der Waals surface area contributed by atoms with Gasteiger partial charge in [0.15, 0.2) is 0 Å². The topological polar surface area (TPSA) is 89.7 Å². The van der Waals surface area contributed by atoms with Gasteiger partial charge in [0.05, 0.1) is 22.6 Å². The van der Waals surface area contributed by atoms with Crippen LogP contribution in [0.1, 0.15) is 16.8 Å². The Morgan fingerprint density at radius 1 is 1.50 bits per heavy atom. The highest BCUT2D eigenvalue weighted by molar-refractivity contribution is 7.89. The molecule has 1 heterocycles. The summed E-state index contributed by atoms with van der Waals surface area (Å²) in [5.41, 5.74) is 5.85. The molecule has 0 aliphatic carbocycles. The minimum atomic E-state index is -3.63. The van der Waals surface area contributed by atoms with Gasteiger partial charge in [-0.3, -0.25) is 0 Å². The number of hydrogen-bond donors (Lipinski definition) is 1. The van der Waals surface area contributed by atoms with Crippen LogP contribution in [-0.2, 0) is 14.8 Å². The van der Waals surface area contributed by atoms with Crippen LogP contribution in [0.25, 0.3) is 0 Å². The molecule has 2 rings (SSSR count). The van der Waals surface area contributed by atoms with Crippen LogP contribution < -0.4 is 5.73 Å². The molecule has 1 fully saturated rings. The lowest BCUT2D eigenvalue weighted by Gasteiger charge is -2.16. The van der Waals surface area contributed by atoms with E-state index in [9.17, 15) is 13.2 Å². The van der Waals surface area contributed by atoms with E-state index in [4.69, 9.17) is 17.3 Å². The Labute approximate surface area is 122 Å². The minimum absolute atomic E-state index is 0.0430. The zero-order valence-corrected chi connectivity index (χ0v) is 12.4. The lowest BCUT2D eigenvalue weighted by atomic mass is 10.2. The third kappa shape index (κ3) is 2.80. The Balaban J connectivity index is 2.34. The van der Waals surface area contributed by atoms with Crippen LogP contribution in [0.5, 0.6) is 0 Å². The van der Waals surface area contributed by atoms with Crippen molar-refractivity contribution in [2.24, 2.45) is 5.73 Å². The quantitative estimate of drug-likeness (QED) is 0.834. The Kier molecular flexibility index (Phi) is 4.33. The number of rotatable bonds is 3. The lowest BCUT2D eigenvalue weighted by Crippen LogP contribution is -2.32. The molecule has 2 N–H and O–H groups in total. The van der Waals surface area contributed by atoms with Gasteiger partial charge in [-0.05, 0) is 24.6 Å². The number of nitrogens with two attached hydrogens (primary N) is 1. The van der Waals surface area contributed by atoms with E-state index >= 15 is 0 Å². The summed E-state index contributed by atoms with van der Waals surface area (Å²) >= 11 is 5.94. The fourth-order valence-corrected chi connectivity index (χ4v) is 3.91. The van der Waals surface area contributed by atoms with Crippen LogP contribution in [-0.4, -0.2) is 44.9 Å². The van der Waals surface area contributed by atoms with Crippen LogP contribution in [0.2, 0.25) is 5.02 Å². The number of methoxy groups -OCH3 is 1. The van der Waals surface area contributed by atoms with Crippen LogP contribution in [0.3, 0.4) is 0 Å². The Bertz CT molecular complexity index is 632. The van der Waals surface area contributed by atoms with Gasteiger partial charge in [-0.1, -0.05) is 11.6 Å². The average Bonchev–Trinajstić information content (AvgIpc) is 2.85. The molecule has 1 aromatic rings. The zero-order valence-electron chi connectivity index (χ0n) is 10.9. The van der Waals surface area contributed by atoms with E-state index < -0.39 is 16.0 Å². The number of ether oxygens (including phenoxy) is 1. The van der Waals surface area contributed by atoms with Crippen molar-refractivity contribution in [3.63, 3.8) is 0 Å². The molecule has 0 saturated carbocycles. The second-order valence-corrected chi connectivity index (χ2v) is 6.89. The number of halogens is 1. The molecule has 0 aromatic heterocycles. The summed E-state index contributed by atoms with van der Waals surface area (Å²) < 4.78 is 30.6. The second kappa shape index (κ2) is 5.69. The van der Waals surface area contributed by atoms with Crippen molar-refractivity contribution in [2.45, 2.75) is 17.4 Å². The molecule has 1 aliphatic heterocycles. The van der Waals surface area contributed by atoms with Crippen LogP contribution in [0, 0.1) is 0 Å². The normalized spacial score (nSPS) is 20.1. The SMILES string of the molecule is COC(=O)c1ccc(S(=O)(=O)N2CC[C@@H](N)C2)cc1Cl. The summed E-state index contributed by atoms with van der Waals surface area (Å²) in [5.74, 6) is -0.609. The Morgan fingerprint density at radius 3 is 2.70 bits per heavy atom. The highest BCUT2D eigenvalue weighted by Crippen LogP contribution is 2.25. The fraction of sp³-hybridized carbons (Fsp3) is 0.417. The maximum atomic E-state index is 12.4. The third-order valence-corrected chi connectivity index (χ3v) is 5.34. The van der Waals surface area contributed by atoms with Crippen molar-refractivity contribution >= 4 is 27.6 Å². The van der Waals surface area contributed by atoms with Crippen molar-refractivity contribution < 1.29 is 17.9 Å². The molecule has 0 bridgehead atoms. The van der Waals surface area contributed by atoms with Crippen molar-refractivity contribution in [1.29, 1.82) is 0 Å². The molecule has 1 aliphatic rings. The molecule has 110 valence electrons. The predicted molar refractivity (Wildman–Crippen MR) is 74.1 cm³/mol. The molecule has 0 unspecified atom stereocenters. The summed E-state index contributed by atoms with van der Waals surface area (Å²) in [6, 6.07) is 3.80. The van der Waals surface area contributed by atoms with Crippen molar-refractivity contribution in [3.05, 3.63) is 28.8 Å². The van der Waals surface area contributed by atoms with Crippen molar-refractivity contribution in [2.75, 3.05) is 20.2 Å². The number of carbonyl (C=O) groups excluding carboxylic acids is 1. The number of carbonyl (C=O) groups is 1. The van der Waals surface area contributed by atoms with Gasteiger partial charge in [-0.15, -0.1) is 0 Å². The van der Waals surface area contributed by atoms with Crippen molar-refractivity contribution in [3.8, 4) is 0 Å². The maximum absolute atomic E-state index is 12.4. The van der Waals surface area contributed by atoms with E-state index in [2.05, 4.69) is 4.74 Å². The van der Waals surface area contributed by atoms with Gasteiger partial charge in [0.1, 0.15) is 0 Å². The van der Waals surface area contributed by atoms with Gasteiger partial charge in [0, 0.05) is 19.1 Å². The molecular weight excluding hydrogens is 304 g/mol. The molecule has 0 radical (unpaired) electrons. The smallest absolute Gasteiger partial charge is 0.339 e. The number of sulfonamides is 1. The third-order valence-electron chi connectivity index (χ3n) is 3.17. The van der Waals surface area contributed by atoms with Gasteiger partial charge >= 0.3 is 5.97 Å². The number of esters is 1. The van der Waals surface area contributed by atoms with Gasteiger partial charge in [0.25, 0.3) is 0 Å². The van der Waals surface area contributed by atoms with E-state index in [-0.39, 0.29) is 21.5 Å². The van der Waals surface area contributed by atoms with Gasteiger partial charge in [0.2, 0.25) is 10.0 Å². The molecular formula is C12H15ClN2O4S. The van der Waals surface area contributed by atoms with Crippen molar-refractivity contribution in [1.82, 2.24) is 4.31 Å². The predicted octanol–water partition coefficient (Wildman–Crippen LogP) is 0.848. The van der Waals surface area contributed by atoms with Gasteiger partial charge in [-0.2, -0.15) is 4.31 Å². The zero-order chi connectivity index (χ0) is 14.9. The average molecular weight is 319 g/mol. The first-order valence-electron chi connectivity index (χ1n) is 6.00. The number of nitrogens with zero attached hydrogens (tertiary/aromatic N) is 1. The molecule has 8 heteroatoms.